The van der Waals surface area contributed by atoms with Crippen LogP contribution in [0.1, 0.15) is 52.0 Å². The number of carbonyl (C=O) groups excluding carboxylic acids is 2. The molecule has 0 bridgehead atoms. The van der Waals surface area contributed by atoms with Gasteiger partial charge in [0.15, 0.2) is 11.5 Å². The molecule has 2 atom stereocenters. The molecule has 2 fully saturated rings. The van der Waals surface area contributed by atoms with Crippen LogP contribution in [0, 0.1) is 11.8 Å². The Morgan fingerprint density at radius 3 is 2.60 bits per heavy atom. The Hall–Kier alpha value is -2.28. The SMILES string of the molecule is CCC(C)CN1CCC(C2(CC)NC(=O)N(Cc3ccc4c(c3)OCO4)C2=O)CC1. The molecule has 0 aliphatic carbocycles. The third-order valence-electron chi connectivity index (χ3n) is 7.09. The molecule has 4 rings (SSSR count). The van der Waals surface area contributed by atoms with Gasteiger partial charge >= 0.3 is 6.03 Å². The Morgan fingerprint density at radius 1 is 1.17 bits per heavy atom. The predicted molar refractivity (Wildman–Crippen MR) is 113 cm³/mol. The largest absolute Gasteiger partial charge is 0.454 e. The lowest BCUT2D eigenvalue weighted by molar-refractivity contribution is -0.134. The predicted octanol–water partition coefficient (Wildman–Crippen LogP) is 3.37. The van der Waals surface area contributed by atoms with Gasteiger partial charge in [-0.25, -0.2) is 4.79 Å². The number of nitrogens with zero attached hydrogens (tertiary/aromatic N) is 2. The van der Waals surface area contributed by atoms with Crippen LogP contribution in [-0.4, -0.2) is 53.7 Å². The number of rotatable bonds is 7. The lowest BCUT2D eigenvalue weighted by Gasteiger charge is -2.41. The highest BCUT2D eigenvalue weighted by Gasteiger charge is 2.54. The van der Waals surface area contributed by atoms with Gasteiger partial charge in [0.05, 0.1) is 6.54 Å². The van der Waals surface area contributed by atoms with Crippen molar-refractivity contribution in [3.8, 4) is 11.5 Å². The molecule has 7 nitrogen and oxygen atoms in total. The third kappa shape index (κ3) is 3.75. The molecular formula is C23H33N3O4. The van der Waals surface area contributed by atoms with Crippen molar-refractivity contribution < 1.29 is 19.1 Å². The van der Waals surface area contributed by atoms with Crippen LogP contribution in [0.15, 0.2) is 18.2 Å². The van der Waals surface area contributed by atoms with E-state index < -0.39 is 5.54 Å². The zero-order valence-electron chi connectivity index (χ0n) is 18.3. The summed E-state index contributed by atoms with van der Waals surface area (Å²) in [6.07, 6.45) is 3.68. The first-order chi connectivity index (χ1) is 14.5. The number of carbonyl (C=O) groups is 2. The van der Waals surface area contributed by atoms with E-state index >= 15 is 0 Å². The number of amides is 3. The molecule has 3 aliphatic heterocycles. The second-order valence-corrected chi connectivity index (χ2v) is 8.92. The summed E-state index contributed by atoms with van der Waals surface area (Å²) in [5.74, 6) is 2.13. The molecule has 0 saturated carbocycles. The molecule has 30 heavy (non-hydrogen) atoms. The van der Waals surface area contributed by atoms with Crippen LogP contribution in [0.25, 0.3) is 0 Å². The van der Waals surface area contributed by atoms with Crippen LogP contribution in [0.2, 0.25) is 0 Å². The summed E-state index contributed by atoms with van der Waals surface area (Å²) >= 11 is 0. The van der Waals surface area contributed by atoms with E-state index in [4.69, 9.17) is 9.47 Å². The second kappa shape index (κ2) is 8.46. The first-order valence-electron chi connectivity index (χ1n) is 11.2. The Morgan fingerprint density at radius 2 is 1.90 bits per heavy atom. The maximum absolute atomic E-state index is 13.5. The van der Waals surface area contributed by atoms with Crippen molar-refractivity contribution in [2.45, 2.75) is 58.5 Å². The molecule has 1 aromatic rings. The summed E-state index contributed by atoms with van der Waals surface area (Å²) < 4.78 is 10.8. The van der Waals surface area contributed by atoms with Gasteiger partial charge < -0.3 is 19.7 Å². The van der Waals surface area contributed by atoms with Crippen molar-refractivity contribution in [3.05, 3.63) is 23.8 Å². The van der Waals surface area contributed by atoms with Crippen molar-refractivity contribution in [2.24, 2.45) is 11.8 Å². The number of imide groups is 1. The van der Waals surface area contributed by atoms with E-state index in [9.17, 15) is 9.59 Å². The first-order valence-corrected chi connectivity index (χ1v) is 11.2. The lowest BCUT2D eigenvalue weighted by atomic mass is 9.75. The monoisotopic (exact) mass is 415 g/mol. The summed E-state index contributed by atoms with van der Waals surface area (Å²) in [6, 6.07) is 5.27. The number of ether oxygens (including phenoxy) is 2. The average Bonchev–Trinajstić information content (AvgIpc) is 3.32. The van der Waals surface area contributed by atoms with Gasteiger partial charge in [-0.05, 0) is 61.9 Å². The van der Waals surface area contributed by atoms with E-state index in [1.54, 1.807) is 0 Å². The maximum Gasteiger partial charge on any atom is 0.325 e. The molecule has 3 aliphatic rings. The van der Waals surface area contributed by atoms with Gasteiger partial charge in [-0.1, -0.05) is 33.3 Å². The molecular weight excluding hydrogens is 382 g/mol. The summed E-state index contributed by atoms with van der Waals surface area (Å²) in [6.45, 7) is 10.1. The minimum atomic E-state index is -0.782. The zero-order valence-corrected chi connectivity index (χ0v) is 18.3. The molecule has 2 unspecified atom stereocenters. The molecule has 2 saturated heterocycles. The Bertz CT molecular complexity index is 806. The summed E-state index contributed by atoms with van der Waals surface area (Å²) in [5, 5.41) is 3.09. The van der Waals surface area contributed by atoms with Crippen LogP contribution in [0.5, 0.6) is 11.5 Å². The number of fused-ring (bicyclic) bond motifs is 1. The molecule has 3 amide bonds. The first kappa shape index (κ1) is 21.0. The topological polar surface area (TPSA) is 71.1 Å². The fourth-order valence-electron chi connectivity index (χ4n) is 4.99. The molecule has 7 heteroatoms. The molecule has 164 valence electrons. The summed E-state index contributed by atoms with van der Waals surface area (Å²) in [7, 11) is 0. The van der Waals surface area contributed by atoms with Crippen LogP contribution in [0.4, 0.5) is 4.79 Å². The minimum absolute atomic E-state index is 0.0898. The van der Waals surface area contributed by atoms with Gasteiger partial charge in [0, 0.05) is 6.54 Å². The minimum Gasteiger partial charge on any atom is -0.454 e. The molecule has 0 spiro atoms. The molecule has 3 heterocycles. The molecule has 1 aromatic carbocycles. The summed E-state index contributed by atoms with van der Waals surface area (Å²) in [5.41, 5.74) is 0.0774. The van der Waals surface area contributed by atoms with Crippen molar-refractivity contribution in [3.63, 3.8) is 0 Å². The van der Waals surface area contributed by atoms with Crippen LogP contribution in [-0.2, 0) is 11.3 Å². The number of piperidine rings is 1. The quantitative estimate of drug-likeness (QED) is 0.692. The third-order valence-corrected chi connectivity index (χ3v) is 7.09. The van der Waals surface area contributed by atoms with E-state index in [1.807, 2.05) is 25.1 Å². The Balaban J connectivity index is 1.45. The van der Waals surface area contributed by atoms with Crippen molar-refractivity contribution in [1.29, 1.82) is 0 Å². The average molecular weight is 416 g/mol. The fourth-order valence-corrected chi connectivity index (χ4v) is 4.99. The smallest absolute Gasteiger partial charge is 0.325 e. The fraction of sp³-hybridized carbons (Fsp3) is 0.652. The van der Waals surface area contributed by atoms with Gasteiger partial charge in [0.1, 0.15) is 5.54 Å². The Kier molecular flexibility index (Phi) is 5.91. The number of hydrogen-bond acceptors (Lipinski definition) is 5. The molecule has 0 aromatic heterocycles. The van der Waals surface area contributed by atoms with Crippen LogP contribution >= 0.6 is 0 Å². The van der Waals surface area contributed by atoms with Gasteiger partial charge in [-0.3, -0.25) is 9.69 Å². The Labute approximate surface area is 178 Å². The summed E-state index contributed by atoms with van der Waals surface area (Å²) in [4.78, 5) is 30.2. The van der Waals surface area contributed by atoms with E-state index in [0.717, 1.165) is 38.0 Å². The number of likely N-dealkylation sites (tertiary alicyclic amines) is 1. The van der Waals surface area contributed by atoms with Gasteiger partial charge in [-0.15, -0.1) is 0 Å². The molecule has 0 radical (unpaired) electrons. The van der Waals surface area contributed by atoms with Crippen molar-refractivity contribution in [1.82, 2.24) is 15.1 Å². The number of benzene rings is 1. The van der Waals surface area contributed by atoms with Crippen molar-refractivity contribution >= 4 is 11.9 Å². The highest BCUT2D eigenvalue weighted by Crippen LogP contribution is 2.38. The lowest BCUT2D eigenvalue weighted by Crippen LogP contribution is -2.56. The number of hydrogen-bond donors (Lipinski definition) is 1. The maximum atomic E-state index is 13.5. The van der Waals surface area contributed by atoms with Gasteiger partial charge in [0.25, 0.3) is 5.91 Å². The van der Waals surface area contributed by atoms with E-state index in [0.29, 0.717) is 23.8 Å². The highest BCUT2D eigenvalue weighted by atomic mass is 16.7. The standard InChI is InChI=1S/C23H33N3O4/c1-4-16(3)13-25-10-8-18(9-11-25)23(5-2)21(27)26(22(28)24-23)14-17-6-7-19-20(12-17)30-15-29-19/h6-7,12,16,18H,4-5,8-11,13-15H2,1-3H3,(H,24,28). The second-order valence-electron chi connectivity index (χ2n) is 8.92. The van der Waals surface area contributed by atoms with Gasteiger partial charge in [0.2, 0.25) is 6.79 Å². The zero-order chi connectivity index (χ0) is 21.3. The number of nitrogens with one attached hydrogen (secondary N) is 1. The normalized spacial score (nSPS) is 25.6. The van der Waals surface area contributed by atoms with E-state index in [1.165, 1.54) is 11.3 Å². The van der Waals surface area contributed by atoms with Crippen LogP contribution in [0.3, 0.4) is 0 Å². The highest BCUT2D eigenvalue weighted by molar-refractivity contribution is 6.07. The molecule has 1 N–H and O–H groups in total. The van der Waals surface area contributed by atoms with Gasteiger partial charge in [-0.2, -0.15) is 0 Å². The van der Waals surface area contributed by atoms with E-state index in [-0.39, 0.29) is 31.2 Å². The van der Waals surface area contributed by atoms with Crippen LogP contribution < -0.4 is 14.8 Å². The van der Waals surface area contributed by atoms with Crippen molar-refractivity contribution in [2.75, 3.05) is 26.4 Å². The van der Waals surface area contributed by atoms with E-state index in [2.05, 4.69) is 24.1 Å². The number of urea groups is 1.